The zero-order chi connectivity index (χ0) is 25.0. The fraction of sp³-hybridized carbons (Fsp3) is 0.806. The molecule has 0 N–H and O–H groups in total. The summed E-state index contributed by atoms with van der Waals surface area (Å²) in [6.45, 7) is 17.5. The zero-order valence-corrected chi connectivity index (χ0v) is 24.9. The molecule has 0 aliphatic carbocycles. The standard InChI is InChI=1S/C31H57NOSi/c1-8-9-10-11-12-13-14-15-19-24-29-25-20-21-27(2)32(29)30(28-22-17-16-18-23-28)26-33-34(6,7)31(3,4)5/h16-18,22-23,27,29-30H,8-15,19-21,24-26H2,1-7H3/t27-,29-,30+/m1/s1. The summed E-state index contributed by atoms with van der Waals surface area (Å²) in [5.74, 6) is 0. The Morgan fingerprint density at radius 3 is 2.09 bits per heavy atom. The molecule has 0 unspecified atom stereocenters. The van der Waals surface area contributed by atoms with Crippen molar-refractivity contribution in [3.05, 3.63) is 35.9 Å². The number of hydrogen-bond acceptors (Lipinski definition) is 2. The molecule has 0 aromatic heterocycles. The molecule has 1 saturated heterocycles. The second-order valence-corrected chi connectivity index (χ2v) is 17.3. The van der Waals surface area contributed by atoms with Gasteiger partial charge in [-0.3, -0.25) is 4.90 Å². The lowest BCUT2D eigenvalue weighted by Crippen LogP contribution is -2.50. The van der Waals surface area contributed by atoms with Gasteiger partial charge >= 0.3 is 0 Å². The van der Waals surface area contributed by atoms with Gasteiger partial charge in [-0.15, -0.1) is 0 Å². The highest BCUT2D eigenvalue weighted by molar-refractivity contribution is 6.74. The highest BCUT2D eigenvalue weighted by atomic mass is 28.4. The molecule has 3 heteroatoms. The summed E-state index contributed by atoms with van der Waals surface area (Å²) in [5.41, 5.74) is 1.44. The van der Waals surface area contributed by atoms with Gasteiger partial charge in [-0.1, -0.05) is 122 Å². The molecule has 1 heterocycles. The van der Waals surface area contributed by atoms with Crippen molar-refractivity contribution in [2.24, 2.45) is 0 Å². The van der Waals surface area contributed by atoms with Crippen LogP contribution in [0.15, 0.2) is 30.3 Å². The number of piperidine rings is 1. The van der Waals surface area contributed by atoms with E-state index >= 15 is 0 Å². The maximum atomic E-state index is 6.86. The largest absolute Gasteiger partial charge is 0.415 e. The molecule has 2 rings (SSSR count). The monoisotopic (exact) mass is 487 g/mol. The van der Waals surface area contributed by atoms with Crippen LogP contribution in [0.25, 0.3) is 0 Å². The van der Waals surface area contributed by atoms with E-state index in [9.17, 15) is 0 Å². The van der Waals surface area contributed by atoms with Crippen molar-refractivity contribution in [2.75, 3.05) is 6.61 Å². The van der Waals surface area contributed by atoms with Crippen LogP contribution >= 0.6 is 0 Å². The molecular weight excluding hydrogens is 430 g/mol. The van der Waals surface area contributed by atoms with Gasteiger partial charge in [0.05, 0.1) is 12.6 Å². The second kappa shape index (κ2) is 14.8. The van der Waals surface area contributed by atoms with Gasteiger partial charge in [0, 0.05) is 12.1 Å². The molecule has 2 nitrogen and oxygen atoms in total. The number of benzene rings is 1. The minimum absolute atomic E-state index is 0.248. The van der Waals surface area contributed by atoms with Crippen molar-refractivity contribution < 1.29 is 4.43 Å². The average molecular weight is 488 g/mol. The van der Waals surface area contributed by atoms with E-state index in [0.717, 1.165) is 6.61 Å². The molecule has 3 atom stereocenters. The third-order valence-electron chi connectivity index (χ3n) is 8.68. The van der Waals surface area contributed by atoms with E-state index in [1.54, 1.807) is 0 Å². The Morgan fingerprint density at radius 1 is 0.912 bits per heavy atom. The maximum Gasteiger partial charge on any atom is 0.192 e. The first-order chi connectivity index (χ1) is 16.2. The van der Waals surface area contributed by atoms with Crippen LogP contribution in [0.2, 0.25) is 18.1 Å². The first kappa shape index (κ1) is 29.6. The molecule has 34 heavy (non-hydrogen) atoms. The van der Waals surface area contributed by atoms with E-state index in [4.69, 9.17) is 4.43 Å². The Bertz CT molecular complexity index is 653. The number of unbranched alkanes of at least 4 members (excludes halogenated alkanes) is 8. The lowest BCUT2D eigenvalue weighted by molar-refractivity contribution is 0.0154. The topological polar surface area (TPSA) is 12.5 Å². The molecule has 0 spiro atoms. The van der Waals surface area contributed by atoms with Crippen molar-refractivity contribution in [3.8, 4) is 0 Å². The minimum atomic E-state index is -1.79. The summed E-state index contributed by atoms with van der Waals surface area (Å²) in [6.07, 6.45) is 18.1. The Morgan fingerprint density at radius 2 is 1.50 bits per heavy atom. The first-order valence-corrected chi connectivity index (χ1v) is 17.5. The third-order valence-corrected chi connectivity index (χ3v) is 13.2. The first-order valence-electron chi connectivity index (χ1n) is 14.6. The van der Waals surface area contributed by atoms with Crippen molar-refractivity contribution in [1.29, 1.82) is 0 Å². The Hall–Kier alpha value is -0.643. The summed E-state index contributed by atoms with van der Waals surface area (Å²) in [4.78, 5) is 2.87. The smallest absolute Gasteiger partial charge is 0.192 e. The van der Waals surface area contributed by atoms with Crippen LogP contribution in [-0.2, 0) is 4.43 Å². The number of likely N-dealkylation sites (tertiary alicyclic amines) is 1. The van der Waals surface area contributed by atoms with E-state index in [1.807, 2.05) is 0 Å². The molecule has 196 valence electrons. The summed E-state index contributed by atoms with van der Waals surface area (Å²) < 4.78 is 6.86. The lowest BCUT2D eigenvalue weighted by Gasteiger charge is -2.47. The van der Waals surface area contributed by atoms with Gasteiger partial charge in [0.25, 0.3) is 0 Å². The van der Waals surface area contributed by atoms with Crippen LogP contribution in [0.4, 0.5) is 0 Å². The van der Waals surface area contributed by atoms with Gasteiger partial charge in [0.1, 0.15) is 0 Å². The quantitative estimate of drug-likeness (QED) is 0.180. The SMILES string of the molecule is CCCCCCCCCCC[C@@H]1CCC[C@@H](C)N1[C@@H](CO[Si](C)(C)C(C)(C)C)c1ccccc1. The zero-order valence-electron chi connectivity index (χ0n) is 23.9. The van der Waals surface area contributed by atoms with Crippen LogP contribution in [0, 0.1) is 0 Å². The molecule has 0 amide bonds. The fourth-order valence-corrected chi connectivity index (χ4v) is 6.39. The third kappa shape index (κ3) is 9.43. The van der Waals surface area contributed by atoms with Gasteiger partial charge in [0.2, 0.25) is 0 Å². The highest BCUT2D eigenvalue weighted by Gasteiger charge is 2.40. The van der Waals surface area contributed by atoms with Crippen molar-refractivity contribution in [2.45, 2.75) is 154 Å². The molecule has 0 saturated carbocycles. The molecule has 1 aromatic rings. The molecular formula is C31H57NOSi. The summed E-state index contributed by atoms with van der Waals surface area (Å²) >= 11 is 0. The van der Waals surface area contributed by atoms with Gasteiger partial charge in [-0.05, 0) is 49.9 Å². The maximum absolute atomic E-state index is 6.86. The van der Waals surface area contributed by atoms with Crippen molar-refractivity contribution in [1.82, 2.24) is 4.90 Å². The lowest BCUT2D eigenvalue weighted by atomic mass is 9.89. The average Bonchev–Trinajstić information content (AvgIpc) is 2.79. The van der Waals surface area contributed by atoms with Crippen molar-refractivity contribution >= 4 is 8.32 Å². The highest BCUT2D eigenvalue weighted by Crippen LogP contribution is 2.40. The van der Waals surface area contributed by atoms with Crippen LogP contribution in [-0.4, -0.2) is 31.9 Å². The molecule has 1 aliphatic rings. The van der Waals surface area contributed by atoms with Crippen LogP contribution in [0.5, 0.6) is 0 Å². The summed E-state index contributed by atoms with van der Waals surface area (Å²) in [6, 6.07) is 12.9. The number of rotatable bonds is 15. The molecule has 1 aromatic carbocycles. The van der Waals surface area contributed by atoms with Gasteiger partial charge in [0.15, 0.2) is 8.32 Å². The van der Waals surface area contributed by atoms with E-state index in [0.29, 0.717) is 18.1 Å². The number of nitrogens with zero attached hydrogens (tertiary/aromatic N) is 1. The van der Waals surface area contributed by atoms with Crippen LogP contribution in [0.1, 0.15) is 130 Å². The normalized spacial score (nSPS) is 21.0. The van der Waals surface area contributed by atoms with E-state index < -0.39 is 8.32 Å². The van der Waals surface area contributed by atoms with Crippen molar-refractivity contribution in [3.63, 3.8) is 0 Å². The van der Waals surface area contributed by atoms with Gasteiger partial charge in [-0.25, -0.2) is 0 Å². The fourth-order valence-electron chi connectivity index (χ4n) is 5.39. The summed E-state index contributed by atoms with van der Waals surface area (Å²) in [5, 5.41) is 0.248. The number of hydrogen-bond donors (Lipinski definition) is 0. The Labute approximate surface area is 214 Å². The van der Waals surface area contributed by atoms with Crippen LogP contribution in [0.3, 0.4) is 0 Å². The molecule has 1 fully saturated rings. The van der Waals surface area contributed by atoms with E-state index in [-0.39, 0.29) is 5.04 Å². The summed E-state index contributed by atoms with van der Waals surface area (Å²) in [7, 11) is -1.79. The molecule has 1 aliphatic heterocycles. The Kier molecular flexibility index (Phi) is 12.9. The Balaban J connectivity index is 2.00. The van der Waals surface area contributed by atoms with E-state index in [2.05, 4.69) is 82.9 Å². The minimum Gasteiger partial charge on any atom is -0.415 e. The predicted molar refractivity (Wildman–Crippen MR) is 153 cm³/mol. The predicted octanol–water partition coefficient (Wildman–Crippen LogP) is 9.91. The van der Waals surface area contributed by atoms with E-state index in [1.165, 1.54) is 89.0 Å². The second-order valence-electron chi connectivity index (χ2n) is 12.5. The van der Waals surface area contributed by atoms with Gasteiger partial charge in [-0.2, -0.15) is 0 Å². The molecule has 0 bridgehead atoms. The molecule has 0 radical (unpaired) electrons. The van der Waals surface area contributed by atoms with Gasteiger partial charge < -0.3 is 4.43 Å². The van der Waals surface area contributed by atoms with Crippen LogP contribution < -0.4 is 0 Å².